The molecule has 0 spiro atoms. The van der Waals surface area contributed by atoms with Gasteiger partial charge in [0.2, 0.25) is 4.33 Å². The number of halogens is 2. The zero-order valence-electron chi connectivity index (χ0n) is 10.2. The predicted octanol–water partition coefficient (Wildman–Crippen LogP) is 0.601. The van der Waals surface area contributed by atoms with E-state index in [1.807, 2.05) is 0 Å². The Morgan fingerprint density at radius 3 is 2.79 bits per heavy atom. The van der Waals surface area contributed by atoms with Gasteiger partial charge in [-0.3, -0.25) is 4.79 Å². The molecule has 1 aliphatic rings. The van der Waals surface area contributed by atoms with Crippen molar-refractivity contribution in [2.24, 2.45) is 0 Å². The van der Waals surface area contributed by atoms with Crippen LogP contribution in [0.15, 0.2) is 24.5 Å². The van der Waals surface area contributed by atoms with Crippen molar-refractivity contribution < 1.29 is 24.3 Å². The van der Waals surface area contributed by atoms with Crippen LogP contribution in [-0.4, -0.2) is 39.1 Å². The normalized spacial score (nSPS) is 29.4. The molecule has 1 aliphatic heterocycles. The van der Waals surface area contributed by atoms with Crippen LogP contribution in [0.4, 0.5) is 0 Å². The smallest absolute Gasteiger partial charge is 0.299 e. The maximum absolute atomic E-state index is 11.3. The second-order valence-electron chi connectivity index (χ2n) is 4.42. The van der Waals surface area contributed by atoms with Gasteiger partial charge in [0.15, 0.2) is 18.2 Å². The average molecular weight is 307 g/mol. The Morgan fingerprint density at radius 2 is 2.26 bits per heavy atom. The van der Waals surface area contributed by atoms with Gasteiger partial charge in [0, 0.05) is 6.07 Å². The first-order valence-corrected chi connectivity index (χ1v) is 6.47. The number of Topliss-reactive ketones (excluding diaryl/α,β-unsaturated/α-hetero) is 1. The van der Waals surface area contributed by atoms with Crippen molar-refractivity contribution in [3.05, 3.63) is 30.1 Å². The minimum absolute atomic E-state index is 0.110. The number of ether oxygens (including phenoxy) is 1. The van der Waals surface area contributed by atoms with E-state index in [2.05, 4.69) is 0 Å². The van der Waals surface area contributed by atoms with Gasteiger partial charge >= 0.3 is 0 Å². The van der Waals surface area contributed by atoms with Gasteiger partial charge < -0.3 is 14.9 Å². The van der Waals surface area contributed by atoms with E-state index in [0.717, 1.165) is 0 Å². The Bertz CT molecular complexity index is 494. The number of hydrogen-bond acceptors (Lipinski definition) is 4. The first-order chi connectivity index (χ1) is 8.87. The lowest BCUT2D eigenvalue weighted by Crippen LogP contribution is -2.49. The van der Waals surface area contributed by atoms with Gasteiger partial charge in [0.1, 0.15) is 12.2 Å². The van der Waals surface area contributed by atoms with Crippen LogP contribution in [-0.2, 0) is 4.74 Å². The van der Waals surface area contributed by atoms with E-state index in [9.17, 15) is 9.90 Å². The summed E-state index contributed by atoms with van der Waals surface area (Å²) < 4.78 is 5.35. The van der Waals surface area contributed by atoms with E-state index >= 15 is 0 Å². The highest BCUT2D eigenvalue weighted by Crippen LogP contribution is 2.43. The van der Waals surface area contributed by atoms with Gasteiger partial charge in [-0.1, -0.05) is 23.2 Å². The number of carbonyl (C=O) groups excluding carboxylic acids is 1. The zero-order chi connectivity index (χ0) is 14.2. The molecule has 5 nitrogen and oxygen atoms in total. The highest BCUT2D eigenvalue weighted by Gasteiger charge is 2.59. The van der Waals surface area contributed by atoms with Crippen LogP contribution in [0.5, 0.6) is 0 Å². The standard InChI is InChI=1S/C12H14Cl2NO4/c1-7(17)8-3-2-4-15(5-8)11-12(13,14)10(18)9(6-16)19-11/h2-5,9-11,16,18H,6H2,1H3/q+1/t9-,10?,11-/m1/s1. The number of pyridine rings is 1. The molecule has 2 N–H and O–H groups in total. The van der Waals surface area contributed by atoms with Crippen LogP contribution in [0.1, 0.15) is 23.5 Å². The third-order valence-electron chi connectivity index (χ3n) is 3.06. The Labute approximate surface area is 120 Å². The molecule has 0 radical (unpaired) electrons. The molecule has 1 saturated heterocycles. The van der Waals surface area contributed by atoms with Gasteiger partial charge in [-0.05, 0) is 13.0 Å². The van der Waals surface area contributed by atoms with E-state index in [0.29, 0.717) is 5.56 Å². The Morgan fingerprint density at radius 1 is 1.58 bits per heavy atom. The monoisotopic (exact) mass is 306 g/mol. The van der Waals surface area contributed by atoms with E-state index < -0.39 is 29.4 Å². The number of aliphatic hydroxyl groups is 2. The van der Waals surface area contributed by atoms with Crippen LogP contribution in [0.3, 0.4) is 0 Å². The molecule has 1 aromatic rings. The molecule has 7 heteroatoms. The molecule has 3 atom stereocenters. The molecule has 104 valence electrons. The first-order valence-electron chi connectivity index (χ1n) is 5.72. The summed E-state index contributed by atoms with van der Waals surface area (Å²) in [4.78, 5) is 11.3. The second kappa shape index (κ2) is 5.34. The number of carbonyl (C=O) groups is 1. The summed E-state index contributed by atoms with van der Waals surface area (Å²) in [5.74, 6) is -0.110. The molecule has 0 bridgehead atoms. The minimum atomic E-state index is -1.60. The summed E-state index contributed by atoms with van der Waals surface area (Å²) in [6, 6.07) is 3.31. The Balaban J connectivity index is 2.36. The molecule has 2 rings (SSSR count). The Kier molecular flexibility index (Phi) is 4.13. The number of ketones is 1. The highest BCUT2D eigenvalue weighted by molar-refractivity contribution is 6.49. The number of nitrogens with zero attached hydrogens (tertiary/aromatic N) is 1. The van der Waals surface area contributed by atoms with Crippen molar-refractivity contribution in [3.8, 4) is 0 Å². The van der Waals surface area contributed by atoms with Gasteiger partial charge in [-0.15, -0.1) is 0 Å². The lowest BCUT2D eigenvalue weighted by Gasteiger charge is -2.18. The molecule has 19 heavy (non-hydrogen) atoms. The van der Waals surface area contributed by atoms with Crippen molar-refractivity contribution in [1.82, 2.24) is 0 Å². The van der Waals surface area contributed by atoms with Crippen LogP contribution in [0.25, 0.3) is 0 Å². The molecular weight excluding hydrogens is 293 g/mol. The summed E-state index contributed by atoms with van der Waals surface area (Å²) >= 11 is 12.2. The maximum Gasteiger partial charge on any atom is 0.299 e. The molecule has 0 amide bonds. The molecule has 2 heterocycles. The lowest BCUT2D eigenvalue weighted by atomic mass is 10.1. The molecule has 0 aliphatic carbocycles. The van der Waals surface area contributed by atoms with E-state index in [1.54, 1.807) is 24.5 Å². The SMILES string of the molecule is CC(=O)c1ccc[n+]([C@@H]2O[C@H](CO)C(O)C2(Cl)Cl)c1. The van der Waals surface area contributed by atoms with Crippen LogP contribution in [0.2, 0.25) is 0 Å². The molecule has 1 aromatic heterocycles. The van der Waals surface area contributed by atoms with Gasteiger partial charge in [-0.2, -0.15) is 4.57 Å². The van der Waals surface area contributed by atoms with Crippen molar-refractivity contribution >= 4 is 29.0 Å². The number of aliphatic hydroxyl groups excluding tert-OH is 2. The summed E-state index contributed by atoms with van der Waals surface area (Å²) in [5.41, 5.74) is 0.470. The summed E-state index contributed by atoms with van der Waals surface area (Å²) in [7, 11) is 0. The van der Waals surface area contributed by atoms with E-state index in [4.69, 9.17) is 33.0 Å². The fourth-order valence-corrected chi connectivity index (χ4v) is 2.59. The van der Waals surface area contributed by atoms with Crippen molar-refractivity contribution in [2.75, 3.05) is 6.61 Å². The molecule has 0 aromatic carbocycles. The summed E-state index contributed by atoms with van der Waals surface area (Å²) in [5, 5.41) is 19.0. The van der Waals surface area contributed by atoms with Crippen molar-refractivity contribution in [3.63, 3.8) is 0 Å². The first kappa shape index (κ1) is 14.7. The van der Waals surface area contributed by atoms with Crippen LogP contribution < -0.4 is 4.57 Å². The fourth-order valence-electron chi connectivity index (χ4n) is 1.98. The third kappa shape index (κ3) is 2.61. The highest BCUT2D eigenvalue weighted by atomic mass is 35.5. The largest absolute Gasteiger partial charge is 0.394 e. The van der Waals surface area contributed by atoms with Crippen LogP contribution >= 0.6 is 23.2 Å². The molecule has 1 unspecified atom stereocenters. The van der Waals surface area contributed by atoms with Gasteiger partial charge in [0.25, 0.3) is 6.23 Å². The van der Waals surface area contributed by atoms with Crippen molar-refractivity contribution in [2.45, 2.75) is 29.7 Å². The molecular formula is C12H14Cl2NO4+. The Hall–Kier alpha value is -0.720. The van der Waals surface area contributed by atoms with E-state index in [1.165, 1.54) is 11.5 Å². The molecule has 1 fully saturated rings. The van der Waals surface area contributed by atoms with Crippen LogP contribution in [0, 0.1) is 0 Å². The fraction of sp³-hybridized carbons (Fsp3) is 0.500. The van der Waals surface area contributed by atoms with Crippen molar-refractivity contribution in [1.29, 1.82) is 0 Å². The predicted molar refractivity (Wildman–Crippen MR) is 68.1 cm³/mol. The third-order valence-corrected chi connectivity index (χ3v) is 3.88. The average Bonchev–Trinajstić information content (AvgIpc) is 2.61. The number of aromatic nitrogens is 1. The van der Waals surface area contributed by atoms with Gasteiger partial charge in [-0.25, -0.2) is 0 Å². The number of rotatable bonds is 3. The molecule has 0 saturated carbocycles. The second-order valence-corrected chi connectivity index (χ2v) is 5.87. The summed E-state index contributed by atoms with van der Waals surface area (Å²) in [6.07, 6.45) is 0.192. The van der Waals surface area contributed by atoms with Gasteiger partial charge in [0.05, 0.1) is 12.2 Å². The maximum atomic E-state index is 11.3. The minimum Gasteiger partial charge on any atom is -0.394 e. The summed E-state index contributed by atoms with van der Waals surface area (Å²) in [6.45, 7) is 1.04. The lowest BCUT2D eigenvalue weighted by molar-refractivity contribution is -0.760. The quantitative estimate of drug-likeness (QED) is 0.487. The zero-order valence-corrected chi connectivity index (χ0v) is 11.7. The topological polar surface area (TPSA) is 70.6 Å². The number of hydrogen-bond donors (Lipinski definition) is 2. The van der Waals surface area contributed by atoms with E-state index in [-0.39, 0.29) is 5.78 Å². The number of alkyl halides is 2.